The lowest BCUT2D eigenvalue weighted by molar-refractivity contribution is -0.708. The summed E-state index contributed by atoms with van der Waals surface area (Å²) in [5.41, 5.74) is -11.0. The molecule has 0 saturated heterocycles. The van der Waals surface area contributed by atoms with Crippen molar-refractivity contribution in [2.45, 2.75) is 11.8 Å². The Morgan fingerprint density at radius 1 is 0.381 bits per heavy atom. The highest BCUT2D eigenvalue weighted by atomic mass is 32.2. The zero-order chi connectivity index (χ0) is 46.7. The van der Waals surface area contributed by atoms with Gasteiger partial charge in [0.1, 0.15) is 52.7 Å². The van der Waals surface area contributed by atoms with Crippen LogP contribution in [0.4, 0.5) is 87.8 Å². The summed E-state index contributed by atoms with van der Waals surface area (Å²) < 4.78 is 302. The Kier molecular flexibility index (Phi) is 12.6. The van der Waals surface area contributed by atoms with E-state index in [-0.39, 0.29) is 0 Å². The Balaban J connectivity index is 0.000000302. The Hall–Kier alpha value is -6.20. The molecular formula is C39H14BF20NOS. The molecule has 0 spiro atoms. The molecule has 330 valence electrons. The number of hydrogen-bond acceptors (Lipinski definition) is 2. The predicted octanol–water partition coefficient (Wildman–Crippen LogP) is 9.34. The van der Waals surface area contributed by atoms with Gasteiger partial charge in [-0.2, -0.15) is 0 Å². The van der Waals surface area contributed by atoms with Crippen molar-refractivity contribution in [2.75, 3.05) is 6.26 Å². The lowest BCUT2D eigenvalue weighted by Crippen LogP contribution is -2.81. The number of aromatic nitrogens is 1. The van der Waals surface area contributed by atoms with Gasteiger partial charge in [0.25, 0.3) is 5.52 Å². The van der Waals surface area contributed by atoms with Crippen molar-refractivity contribution in [3.8, 4) is 0 Å². The van der Waals surface area contributed by atoms with Gasteiger partial charge in [-0.15, -0.1) is 26.4 Å². The molecule has 7 aromatic rings. The van der Waals surface area contributed by atoms with E-state index in [0.29, 0.717) is 0 Å². The second-order valence-corrected chi connectivity index (χ2v) is 13.7. The number of para-hydroxylation sites is 2. The van der Waals surface area contributed by atoms with Crippen LogP contribution in [-0.2, 0) is 6.54 Å². The second-order valence-electron chi connectivity index (χ2n) is 12.9. The van der Waals surface area contributed by atoms with Crippen LogP contribution in [0.1, 0.15) is 5.56 Å². The minimum Gasteiger partial charge on any atom is -0.393 e. The third-order valence-corrected chi connectivity index (χ3v) is 10.3. The van der Waals surface area contributed by atoms with Crippen molar-refractivity contribution >= 4 is 50.9 Å². The summed E-state index contributed by atoms with van der Waals surface area (Å²) in [5, 5.41) is 0.944. The Morgan fingerprint density at radius 2 is 0.651 bits per heavy atom. The fourth-order valence-corrected chi connectivity index (χ4v) is 7.51. The number of rotatable bonds is 7. The first-order valence-electron chi connectivity index (χ1n) is 16.8. The molecule has 0 aliphatic heterocycles. The molecule has 6 aromatic carbocycles. The Morgan fingerprint density at radius 3 is 0.952 bits per heavy atom. The number of halogens is 20. The fourth-order valence-electron chi connectivity index (χ4n) is 6.96. The molecule has 0 saturated carbocycles. The van der Waals surface area contributed by atoms with E-state index in [4.69, 9.17) is 4.42 Å². The maximum Gasteiger partial charge on any atom is 0.412 e. The van der Waals surface area contributed by atoms with Gasteiger partial charge in [-0.1, -0.05) is 42.5 Å². The predicted molar refractivity (Wildman–Crippen MR) is 183 cm³/mol. The summed E-state index contributed by atoms with van der Waals surface area (Å²) in [6.45, 7) is 0.841. The molecule has 0 unspecified atom stereocenters. The van der Waals surface area contributed by atoms with E-state index in [1.807, 2.05) is 30.5 Å². The van der Waals surface area contributed by atoms with Crippen LogP contribution in [0.15, 0.2) is 64.2 Å². The number of nitrogens with zero attached hydrogens (tertiary/aromatic N) is 1. The molecule has 0 fully saturated rings. The fraction of sp³-hybridized carbons (Fsp3) is 0.0513. The van der Waals surface area contributed by atoms with Crippen LogP contribution in [0, 0.1) is 116 Å². The first kappa shape index (κ1) is 46.3. The SMILES string of the molecule is CSc1oc2ccccc2[n+]1Cc1ccccc1.Fc1c(F)c(F)c([B-](c2c(F)c(F)c(F)c(F)c2F)(c2c(F)c(F)c(F)c(F)c2F)c2c(F)c(F)c(F)c(F)c2F)c(F)c1F. The van der Waals surface area contributed by atoms with Gasteiger partial charge >= 0.3 is 5.22 Å². The Labute approximate surface area is 341 Å². The summed E-state index contributed by atoms with van der Waals surface area (Å²) in [5.74, 6) is -71.4. The van der Waals surface area contributed by atoms with Crippen molar-refractivity contribution in [2.24, 2.45) is 0 Å². The molecule has 0 aliphatic carbocycles. The van der Waals surface area contributed by atoms with Gasteiger partial charge in [-0.05, 0) is 24.1 Å². The zero-order valence-electron chi connectivity index (χ0n) is 30.3. The highest BCUT2D eigenvalue weighted by Gasteiger charge is 2.52. The topological polar surface area (TPSA) is 17.0 Å². The molecule has 0 bridgehead atoms. The average molecular weight is 935 g/mol. The lowest BCUT2D eigenvalue weighted by atomic mass is 9.12. The molecule has 63 heavy (non-hydrogen) atoms. The van der Waals surface area contributed by atoms with Gasteiger partial charge in [0.05, 0.1) is 0 Å². The van der Waals surface area contributed by atoms with Crippen LogP contribution in [0.25, 0.3) is 11.1 Å². The quantitative estimate of drug-likeness (QED) is 0.0396. The molecule has 0 N–H and O–H groups in total. The van der Waals surface area contributed by atoms with Crippen molar-refractivity contribution in [1.82, 2.24) is 0 Å². The van der Waals surface area contributed by atoms with Gasteiger partial charge in [-0.25, -0.2) is 87.8 Å². The summed E-state index contributed by atoms with van der Waals surface area (Å²) >= 11 is 1.64. The van der Waals surface area contributed by atoms with Gasteiger partial charge in [0.2, 0.25) is 5.58 Å². The third kappa shape index (κ3) is 7.10. The highest BCUT2D eigenvalue weighted by molar-refractivity contribution is 7.98. The number of fused-ring (bicyclic) bond motifs is 1. The summed E-state index contributed by atoms with van der Waals surface area (Å²) in [7, 11) is 0. The third-order valence-electron chi connectivity index (χ3n) is 9.64. The molecule has 0 radical (unpaired) electrons. The Bertz CT molecular complexity index is 2600. The number of thioether (sulfide) groups is 1. The molecule has 0 atom stereocenters. The van der Waals surface area contributed by atoms with Crippen LogP contribution in [0.5, 0.6) is 0 Å². The van der Waals surface area contributed by atoms with E-state index in [2.05, 4.69) is 34.9 Å². The number of hydrogen-bond donors (Lipinski definition) is 0. The average Bonchev–Trinajstić information content (AvgIpc) is 3.63. The van der Waals surface area contributed by atoms with Crippen LogP contribution in [0.2, 0.25) is 0 Å². The number of benzene rings is 6. The van der Waals surface area contributed by atoms with Gasteiger partial charge in [0.15, 0.2) is 76.4 Å². The highest BCUT2D eigenvalue weighted by Crippen LogP contribution is 2.31. The summed E-state index contributed by atoms with van der Waals surface area (Å²) in [6.07, 6.45) is -5.18. The van der Waals surface area contributed by atoms with Crippen LogP contribution in [-0.4, -0.2) is 12.4 Å². The van der Waals surface area contributed by atoms with E-state index < -0.39 is 144 Å². The first-order chi connectivity index (χ1) is 29.6. The van der Waals surface area contributed by atoms with Crippen LogP contribution >= 0.6 is 11.8 Å². The zero-order valence-corrected chi connectivity index (χ0v) is 31.1. The van der Waals surface area contributed by atoms with Crippen molar-refractivity contribution in [1.29, 1.82) is 0 Å². The van der Waals surface area contributed by atoms with Crippen LogP contribution < -0.4 is 26.4 Å². The first-order valence-corrected chi connectivity index (χ1v) is 18.0. The lowest BCUT2D eigenvalue weighted by Gasteiger charge is -2.44. The molecule has 1 heterocycles. The second kappa shape index (κ2) is 17.2. The van der Waals surface area contributed by atoms with E-state index in [0.717, 1.165) is 22.9 Å². The number of oxazole rings is 1. The van der Waals surface area contributed by atoms with E-state index in [1.54, 1.807) is 11.8 Å². The molecular weight excluding hydrogens is 921 g/mol. The minimum absolute atomic E-state index is 0.841. The summed E-state index contributed by atoms with van der Waals surface area (Å²) in [6, 6.07) is 18.6. The maximum atomic E-state index is 15.4. The smallest absolute Gasteiger partial charge is 0.393 e. The van der Waals surface area contributed by atoms with Gasteiger partial charge in [-0.3, -0.25) is 0 Å². The maximum absolute atomic E-state index is 15.4. The molecule has 0 aliphatic rings. The minimum atomic E-state index is -7.22. The van der Waals surface area contributed by atoms with Crippen molar-refractivity contribution < 1.29 is 96.8 Å². The van der Waals surface area contributed by atoms with Gasteiger partial charge in [0, 0.05) is 11.6 Å². The molecule has 7 rings (SSSR count). The summed E-state index contributed by atoms with van der Waals surface area (Å²) in [4.78, 5) is 0. The van der Waals surface area contributed by atoms with E-state index in [1.165, 1.54) is 5.56 Å². The standard InChI is InChI=1S/C24BF20.C15H14NOS/c26-5-1(6(27)14(35)21(42)13(5)34)25(2-7(28)15(36)22(43)16(37)8(2)29,3-9(30)17(38)23(44)18(39)10(3)31)4-11(32)19(40)24(45)20(41)12(4)33;1-18-15-16(11-12-7-3-2-4-8-12)13-9-5-6-10-14(13)17-15/h;2-10H,11H2,1H3/q-1;+1. The van der Waals surface area contributed by atoms with E-state index in [9.17, 15) is 52.7 Å². The van der Waals surface area contributed by atoms with Crippen LogP contribution in [0.3, 0.4) is 0 Å². The van der Waals surface area contributed by atoms with E-state index >= 15 is 35.1 Å². The molecule has 1 aromatic heterocycles. The largest absolute Gasteiger partial charge is 0.412 e. The molecule has 24 heteroatoms. The normalized spacial score (nSPS) is 11.7. The van der Waals surface area contributed by atoms with Crippen molar-refractivity contribution in [3.63, 3.8) is 0 Å². The van der Waals surface area contributed by atoms with Gasteiger partial charge < -0.3 is 4.42 Å². The molecule has 0 amide bonds. The monoisotopic (exact) mass is 935 g/mol. The molecule has 2 nitrogen and oxygen atoms in total. The van der Waals surface area contributed by atoms with Crippen molar-refractivity contribution in [3.05, 3.63) is 177 Å².